The van der Waals surface area contributed by atoms with Crippen LogP contribution in [0, 0.1) is 28.6 Å². The van der Waals surface area contributed by atoms with Crippen molar-refractivity contribution in [2.45, 2.75) is 64.3 Å². The first kappa shape index (κ1) is 15.9. The van der Waals surface area contributed by atoms with Crippen molar-refractivity contribution in [3.63, 3.8) is 0 Å². The highest BCUT2D eigenvalue weighted by Crippen LogP contribution is 2.66. The summed E-state index contributed by atoms with van der Waals surface area (Å²) >= 11 is 0. The quantitative estimate of drug-likeness (QED) is 0.575. The van der Waals surface area contributed by atoms with Gasteiger partial charge in [-0.25, -0.2) is 0 Å². The Morgan fingerprint density at radius 1 is 1.13 bits per heavy atom. The average molecular weight is 318 g/mol. The number of hydrogen-bond acceptors (Lipinski definition) is 3. The van der Waals surface area contributed by atoms with E-state index in [4.69, 9.17) is 4.74 Å². The lowest BCUT2D eigenvalue weighted by Gasteiger charge is -2.58. The molecule has 2 saturated carbocycles. The minimum Gasteiger partial charge on any atom is -0.377 e. The zero-order chi connectivity index (χ0) is 16.5. The van der Waals surface area contributed by atoms with Crippen LogP contribution in [0.1, 0.15) is 52.4 Å². The third kappa shape index (κ3) is 1.93. The lowest BCUT2D eigenvalue weighted by molar-refractivity contribution is -0.249. The van der Waals surface area contributed by atoms with Gasteiger partial charge in [0.1, 0.15) is 0 Å². The maximum Gasteiger partial charge on any atom is 0.168 e. The first-order valence-corrected chi connectivity index (χ1v) is 9.20. The monoisotopic (exact) mass is 318 g/mol. The zero-order valence-corrected chi connectivity index (χ0v) is 14.6. The largest absolute Gasteiger partial charge is 0.377 e. The molecule has 0 aliphatic heterocycles. The van der Waals surface area contributed by atoms with Crippen LogP contribution in [-0.4, -0.2) is 29.2 Å². The lowest BCUT2D eigenvalue weighted by Crippen LogP contribution is -2.57. The molecule has 0 radical (unpaired) electrons. The van der Waals surface area contributed by atoms with Gasteiger partial charge in [0.2, 0.25) is 0 Å². The molecule has 3 nitrogen and oxygen atoms in total. The van der Waals surface area contributed by atoms with Crippen molar-refractivity contribution in [1.29, 1.82) is 0 Å². The molecule has 0 aromatic carbocycles. The second-order valence-electron chi connectivity index (χ2n) is 8.72. The fourth-order valence-corrected chi connectivity index (χ4v) is 6.45. The zero-order valence-electron chi connectivity index (χ0n) is 14.6. The molecule has 0 bridgehead atoms. The molecule has 0 aromatic rings. The van der Waals surface area contributed by atoms with Crippen LogP contribution >= 0.6 is 0 Å². The first-order chi connectivity index (χ1) is 10.8. The fourth-order valence-electron chi connectivity index (χ4n) is 6.45. The first-order valence-electron chi connectivity index (χ1n) is 9.20. The van der Waals surface area contributed by atoms with E-state index in [9.17, 15) is 10.2 Å². The number of hydrogen-bond donors (Lipinski definition) is 2. The summed E-state index contributed by atoms with van der Waals surface area (Å²) in [5.74, 6) is -0.257. The molecule has 4 aliphatic rings. The van der Waals surface area contributed by atoms with E-state index in [1.807, 2.05) is 7.11 Å². The van der Waals surface area contributed by atoms with Crippen LogP contribution in [0.2, 0.25) is 0 Å². The maximum atomic E-state index is 10.6. The number of aliphatic hydroxyl groups is 2. The predicted octanol–water partition coefficient (Wildman–Crippen LogP) is 3.42. The molecule has 2 N–H and O–H groups in total. The van der Waals surface area contributed by atoms with E-state index in [1.165, 1.54) is 5.57 Å². The van der Waals surface area contributed by atoms with Crippen molar-refractivity contribution < 1.29 is 14.9 Å². The summed E-state index contributed by atoms with van der Waals surface area (Å²) in [5.41, 5.74) is 1.27. The van der Waals surface area contributed by atoms with Gasteiger partial charge < -0.3 is 14.9 Å². The van der Waals surface area contributed by atoms with Crippen LogP contribution in [-0.2, 0) is 4.74 Å². The Morgan fingerprint density at radius 2 is 1.87 bits per heavy atom. The van der Waals surface area contributed by atoms with Gasteiger partial charge in [0, 0.05) is 24.4 Å². The Balaban J connectivity index is 1.79. The predicted molar refractivity (Wildman–Crippen MR) is 89.6 cm³/mol. The SMILES string of the molecule is COC1C=C2CCC=C[C@]2(C)[C@@H]2CC[C@@]3(C)[C@@H](CCC3(O)O)[C@H]12. The van der Waals surface area contributed by atoms with E-state index >= 15 is 0 Å². The van der Waals surface area contributed by atoms with Gasteiger partial charge in [-0.1, -0.05) is 37.6 Å². The molecule has 0 spiro atoms. The topological polar surface area (TPSA) is 49.7 Å². The molecular weight excluding hydrogens is 288 g/mol. The Bertz CT molecular complexity index is 563. The third-order valence-electron chi connectivity index (χ3n) is 7.96. The fraction of sp³-hybridized carbons (Fsp3) is 0.800. The number of rotatable bonds is 1. The highest BCUT2D eigenvalue weighted by molar-refractivity contribution is 5.33. The summed E-state index contributed by atoms with van der Waals surface area (Å²) in [7, 11) is 1.81. The van der Waals surface area contributed by atoms with Gasteiger partial charge in [0.15, 0.2) is 5.79 Å². The second kappa shape index (κ2) is 4.93. The molecule has 0 aromatic heterocycles. The normalized spacial score (nSPS) is 50.7. The molecule has 23 heavy (non-hydrogen) atoms. The minimum atomic E-state index is -1.52. The molecule has 3 heteroatoms. The Morgan fingerprint density at radius 3 is 2.61 bits per heavy atom. The van der Waals surface area contributed by atoms with Crippen molar-refractivity contribution in [1.82, 2.24) is 0 Å². The van der Waals surface area contributed by atoms with E-state index in [0.717, 1.165) is 32.1 Å². The summed E-state index contributed by atoms with van der Waals surface area (Å²) in [6, 6.07) is 0. The van der Waals surface area contributed by atoms with E-state index < -0.39 is 11.2 Å². The maximum absolute atomic E-state index is 10.6. The van der Waals surface area contributed by atoms with Crippen molar-refractivity contribution >= 4 is 0 Å². The number of fused-ring (bicyclic) bond motifs is 5. The van der Waals surface area contributed by atoms with Gasteiger partial charge in [-0.15, -0.1) is 0 Å². The van der Waals surface area contributed by atoms with Crippen molar-refractivity contribution in [3.8, 4) is 0 Å². The standard InChI is InChI=1S/C20H30O3/c1-18-9-5-4-6-13(18)12-16(23-3)17-14(18)7-10-19(2)15(17)8-11-20(19,21)22/h5,9,12,14-17,21-22H,4,6-8,10-11H2,1-3H3/t14-,15+,16?,17-,18+,19+/m1/s1. The molecule has 2 fully saturated rings. The van der Waals surface area contributed by atoms with Crippen molar-refractivity contribution in [2.75, 3.05) is 7.11 Å². The second-order valence-corrected chi connectivity index (χ2v) is 8.72. The van der Waals surface area contributed by atoms with Gasteiger partial charge in [-0.05, 0) is 49.9 Å². The minimum absolute atomic E-state index is 0.119. The van der Waals surface area contributed by atoms with E-state index in [0.29, 0.717) is 24.2 Å². The highest BCUT2D eigenvalue weighted by Gasteiger charge is 2.64. The molecule has 6 atom stereocenters. The Labute approximate surface area is 139 Å². The number of ether oxygens (including phenoxy) is 1. The number of allylic oxidation sites excluding steroid dienone is 3. The summed E-state index contributed by atoms with van der Waals surface area (Å²) in [4.78, 5) is 0. The Kier molecular flexibility index (Phi) is 3.40. The molecule has 0 amide bonds. The van der Waals surface area contributed by atoms with Crippen LogP contribution < -0.4 is 0 Å². The van der Waals surface area contributed by atoms with E-state index in [2.05, 4.69) is 32.1 Å². The van der Waals surface area contributed by atoms with Crippen LogP contribution in [0.3, 0.4) is 0 Å². The van der Waals surface area contributed by atoms with Crippen LogP contribution in [0.5, 0.6) is 0 Å². The van der Waals surface area contributed by atoms with E-state index in [1.54, 1.807) is 0 Å². The van der Waals surface area contributed by atoms with Crippen LogP contribution in [0.15, 0.2) is 23.8 Å². The summed E-state index contributed by atoms with van der Waals surface area (Å²) in [5, 5.41) is 21.2. The average Bonchev–Trinajstić information content (AvgIpc) is 2.76. The molecule has 0 saturated heterocycles. The van der Waals surface area contributed by atoms with Gasteiger partial charge >= 0.3 is 0 Å². The highest BCUT2D eigenvalue weighted by atomic mass is 16.5. The van der Waals surface area contributed by atoms with E-state index in [-0.39, 0.29) is 11.5 Å². The van der Waals surface area contributed by atoms with Gasteiger partial charge in [0.25, 0.3) is 0 Å². The summed E-state index contributed by atoms with van der Waals surface area (Å²) in [6.07, 6.45) is 12.9. The summed E-state index contributed by atoms with van der Waals surface area (Å²) in [6.45, 7) is 4.48. The van der Waals surface area contributed by atoms with Gasteiger partial charge in [-0.2, -0.15) is 0 Å². The van der Waals surface area contributed by atoms with Crippen molar-refractivity contribution in [3.05, 3.63) is 23.8 Å². The number of methoxy groups -OCH3 is 1. The molecule has 1 unspecified atom stereocenters. The lowest BCUT2D eigenvalue weighted by atomic mass is 9.48. The van der Waals surface area contributed by atoms with Crippen LogP contribution in [0.25, 0.3) is 0 Å². The van der Waals surface area contributed by atoms with Crippen molar-refractivity contribution in [2.24, 2.45) is 28.6 Å². The van der Waals surface area contributed by atoms with Crippen LogP contribution in [0.4, 0.5) is 0 Å². The molecular formula is C20H30O3. The summed E-state index contributed by atoms with van der Waals surface area (Å²) < 4.78 is 5.91. The Hall–Kier alpha value is -0.640. The van der Waals surface area contributed by atoms with Gasteiger partial charge in [-0.3, -0.25) is 0 Å². The molecule has 128 valence electrons. The molecule has 0 heterocycles. The van der Waals surface area contributed by atoms with Gasteiger partial charge in [0.05, 0.1) is 6.10 Å². The third-order valence-corrected chi connectivity index (χ3v) is 7.96. The molecule has 4 aliphatic carbocycles. The molecule has 4 rings (SSSR count). The smallest absolute Gasteiger partial charge is 0.168 e.